The van der Waals surface area contributed by atoms with E-state index in [1.54, 1.807) is 0 Å². The first-order valence-electron chi connectivity index (χ1n) is 7.56. The minimum Gasteiger partial charge on any atom is -0.303 e. The summed E-state index contributed by atoms with van der Waals surface area (Å²) in [6, 6.07) is 10.7. The Morgan fingerprint density at radius 2 is 1.89 bits per heavy atom. The van der Waals surface area contributed by atoms with Gasteiger partial charge in [0.05, 0.1) is 0 Å². The Labute approximate surface area is 116 Å². The Morgan fingerprint density at radius 1 is 1.21 bits per heavy atom. The summed E-state index contributed by atoms with van der Waals surface area (Å²) >= 11 is 0. The largest absolute Gasteiger partial charge is 0.303 e. The molecule has 0 N–H and O–H groups in total. The second-order valence-corrected chi connectivity index (χ2v) is 5.62. The van der Waals surface area contributed by atoms with Crippen molar-refractivity contribution in [3.05, 3.63) is 35.9 Å². The summed E-state index contributed by atoms with van der Waals surface area (Å²) in [5, 5.41) is 0. The smallest absolute Gasteiger partial charge is 0.132 e. The van der Waals surface area contributed by atoms with Gasteiger partial charge in [-0.15, -0.1) is 0 Å². The molecule has 0 atom stereocenters. The number of piperidine rings is 1. The van der Waals surface area contributed by atoms with Crippen molar-refractivity contribution in [1.29, 1.82) is 0 Å². The van der Waals surface area contributed by atoms with Gasteiger partial charge in [0, 0.05) is 19.4 Å². The van der Waals surface area contributed by atoms with Gasteiger partial charge in [-0.3, -0.25) is 4.79 Å². The van der Waals surface area contributed by atoms with Crippen LogP contribution in [0.15, 0.2) is 30.3 Å². The predicted molar refractivity (Wildman–Crippen MR) is 79.2 cm³/mol. The number of nitrogens with zero attached hydrogens (tertiary/aromatic N) is 1. The van der Waals surface area contributed by atoms with E-state index in [1.165, 1.54) is 18.4 Å². The van der Waals surface area contributed by atoms with Crippen molar-refractivity contribution in [2.24, 2.45) is 5.92 Å². The number of Topliss-reactive ketones (excluding diaryl/α,β-unsaturated/α-hetero) is 1. The molecule has 1 aromatic carbocycles. The Morgan fingerprint density at radius 3 is 2.53 bits per heavy atom. The van der Waals surface area contributed by atoms with E-state index in [4.69, 9.17) is 0 Å². The van der Waals surface area contributed by atoms with E-state index in [0.29, 0.717) is 18.1 Å². The van der Waals surface area contributed by atoms with Crippen molar-refractivity contribution < 1.29 is 4.79 Å². The van der Waals surface area contributed by atoms with Gasteiger partial charge in [0.15, 0.2) is 0 Å². The second kappa shape index (κ2) is 7.44. The summed E-state index contributed by atoms with van der Waals surface area (Å²) in [6.45, 7) is 5.44. The molecule has 0 amide bonds. The van der Waals surface area contributed by atoms with E-state index < -0.39 is 0 Å². The first-order valence-corrected chi connectivity index (χ1v) is 7.56. The normalized spacial score (nSPS) is 17.5. The molecular formula is C17H25NO. The lowest BCUT2D eigenvalue weighted by atomic mass is 9.91. The van der Waals surface area contributed by atoms with Gasteiger partial charge in [-0.05, 0) is 43.8 Å². The quantitative estimate of drug-likeness (QED) is 0.781. The third-order valence-electron chi connectivity index (χ3n) is 4.18. The first kappa shape index (κ1) is 14.3. The molecule has 1 aromatic rings. The predicted octanol–water partition coefficient (Wildman–Crippen LogP) is 3.31. The van der Waals surface area contributed by atoms with Crippen molar-refractivity contribution in [3.8, 4) is 0 Å². The Balaban J connectivity index is 1.67. The molecule has 1 saturated heterocycles. The number of carbonyl (C=O) groups excluding carboxylic acids is 1. The standard InChI is InChI=1S/C17H25NO/c1-2-17(19)14-16-9-12-18(13-10-16)11-8-15-6-4-3-5-7-15/h3-7,16H,2,8-14H2,1H3. The highest BCUT2D eigenvalue weighted by atomic mass is 16.1. The van der Waals surface area contributed by atoms with E-state index in [-0.39, 0.29) is 0 Å². The molecule has 0 saturated carbocycles. The molecular weight excluding hydrogens is 234 g/mol. The Hall–Kier alpha value is -1.15. The summed E-state index contributed by atoms with van der Waals surface area (Å²) in [5.41, 5.74) is 1.42. The molecule has 19 heavy (non-hydrogen) atoms. The highest BCUT2D eigenvalue weighted by Crippen LogP contribution is 2.21. The summed E-state index contributed by atoms with van der Waals surface area (Å²) < 4.78 is 0. The fourth-order valence-electron chi connectivity index (χ4n) is 2.81. The third kappa shape index (κ3) is 4.79. The topological polar surface area (TPSA) is 20.3 Å². The molecule has 0 bridgehead atoms. The number of benzene rings is 1. The van der Waals surface area contributed by atoms with Crippen molar-refractivity contribution >= 4 is 5.78 Å². The molecule has 1 heterocycles. The zero-order valence-electron chi connectivity index (χ0n) is 12.0. The number of hydrogen-bond donors (Lipinski definition) is 0. The lowest BCUT2D eigenvalue weighted by Gasteiger charge is -2.31. The lowest BCUT2D eigenvalue weighted by Crippen LogP contribution is -2.35. The van der Waals surface area contributed by atoms with Crippen LogP contribution in [0.25, 0.3) is 0 Å². The molecule has 1 aliphatic rings. The molecule has 2 heteroatoms. The van der Waals surface area contributed by atoms with E-state index in [9.17, 15) is 4.79 Å². The molecule has 0 radical (unpaired) electrons. The molecule has 0 aromatic heterocycles. The van der Waals surface area contributed by atoms with Crippen LogP contribution in [0.2, 0.25) is 0 Å². The first-order chi connectivity index (χ1) is 9.28. The van der Waals surface area contributed by atoms with E-state index in [2.05, 4.69) is 35.2 Å². The highest BCUT2D eigenvalue weighted by Gasteiger charge is 2.20. The van der Waals surface area contributed by atoms with E-state index >= 15 is 0 Å². The van der Waals surface area contributed by atoms with Gasteiger partial charge < -0.3 is 4.90 Å². The summed E-state index contributed by atoms with van der Waals surface area (Å²) in [6.07, 6.45) is 5.04. The van der Waals surface area contributed by atoms with Gasteiger partial charge in [-0.25, -0.2) is 0 Å². The average molecular weight is 259 g/mol. The van der Waals surface area contributed by atoms with E-state index in [0.717, 1.165) is 32.5 Å². The van der Waals surface area contributed by atoms with E-state index in [1.807, 2.05) is 6.92 Å². The van der Waals surface area contributed by atoms with Crippen LogP contribution in [-0.4, -0.2) is 30.3 Å². The van der Waals surface area contributed by atoms with Gasteiger partial charge in [0.25, 0.3) is 0 Å². The molecule has 2 nitrogen and oxygen atoms in total. The van der Waals surface area contributed by atoms with Crippen LogP contribution in [0.5, 0.6) is 0 Å². The zero-order chi connectivity index (χ0) is 13.5. The van der Waals surface area contributed by atoms with Crippen LogP contribution in [0.3, 0.4) is 0 Å². The molecule has 1 fully saturated rings. The van der Waals surface area contributed by atoms with Gasteiger partial charge in [0.1, 0.15) is 5.78 Å². The average Bonchev–Trinajstić information content (AvgIpc) is 2.47. The summed E-state index contributed by atoms with van der Waals surface area (Å²) in [7, 11) is 0. The zero-order valence-corrected chi connectivity index (χ0v) is 12.0. The highest BCUT2D eigenvalue weighted by molar-refractivity contribution is 5.78. The van der Waals surface area contributed by atoms with Crippen LogP contribution in [0, 0.1) is 5.92 Å². The maximum atomic E-state index is 11.5. The number of likely N-dealkylation sites (tertiary alicyclic amines) is 1. The second-order valence-electron chi connectivity index (χ2n) is 5.62. The molecule has 2 rings (SSSR count). The third-order valence-corrected chi connectivity index (χ3v) is 4.18. The number of ketones is 1. The molecule has 0 spiro atoms. The van der Waals surface area contributed by atoms with Crippen molar-refractivity contribution in [2.45, 2.75) is 39.0 Å². The monoisotopic (exact) mass is 259 g/mol. The number of hydrogen-bond acceptors (Lipinski definition) is 2. The minimum atomic E-state index is 0.433. The molecule has 104 valence electrons. The molecule has 1 aliphatic heterocycles. The van der Waals surface area contributed by atoms with Crippen LogP contribution >= 0.6 is 0 Å². The fraction of sp³-hybridized carbons (Fsp3) is 0.588. The van der Waals surface area contributed by atoms with Crippen molar-refractivity contribution in [2.75, 3.05) is 19.6 Å². The minimum absolute atomic E-state index is 0.433. The Bertz CT molecular complexity index is 380. The Kier molecular flexibility index (Phi) is 5.59. The SMILES string of the molecule is CCC(=O)CC1CCN(CCc2ccccc2)CC1. The van der Waals surface area contributed by atoms with Crippen molar-refractivity contribution in [1.82, 2.24) is 4.90 Å². The van der Waals surface area contributed by atoms with Crippen LogP contribution in [0.1, 0.15) is 38.2 Å². The molecule has 0 aliphatic carbocycles. The number of carbonyl (C=O) groups is 1. The van der Waals surface area contributed by atoms with Gasteiger partial charge in [-0.1, -0.05) is 37.3 Å². The number of rotatable bonds is 6. The summed E-state index contributed by atoms with van der Waals surface area (Å²) in [5.74, 6) is 1.07. The van der Waals surface area contributed by atoms with Gasteiger partial charge in [0.2, 0.25) is 0 Å². The van der Waals surface area contributed by atoms with Crippen LogP contribution in [-0.2, 0) is 11.2 Å². The van der Waals surface area contributed by atoms with Gasteiger partial charge in [-0.2, -0.15) is 0 Å². The van der Waals surface area contributed by atoms with Crippen LogP contribution in [0.4, 0.5) is 0 Å². The van der Waals surface area contributed by atoms with Gasteiger partial charge >= 0.3 is 0 Å². The van der Waals surface area contributed by atoms with Crippen molar-refractivity contribution in [3.63, 3.8) is 0 Å². The summed E-state index contributed by atoms with van der Waals surface area (Å²) in [4.78, 5) is 14.0. The molecule has 0 unspecified atom stereocenters. The maximum absolute atomic E-state index is 11.5. The maximum Gasteiger partial charge on any atom is 0.132 e. The lowest BCUT2D eigenvalue weighted by molar-refractivity contribution is -0.120. The van der Waals surface area contributed by atoms with Crippen LogP contribution < -0.4 is 0 Å². The fourth-order valence-corrected chi connectivity index (χ4v) is 2.81.